The Bertz CT molecular complexity index is 951. The molecule has 2 N–H and O–H groups in total. The molecule has 1 amide bonds. The number of piperazine rings is 1. The monoisotopic (exact) mass is 427 g/mol. The maximum absolute atomic E-state index is 12.7. The standard InChI is InChI=1S/C17H18ClN3O4S2/c18-15-6-8-17(26-15)27(24,25)21-11-9-20(10-12-21)14-4-2-1-3-13(14)5-7-16(22)19-23/h1-8,23H,9-12H2,(H,19,22). The topological polar surface area (TPSA) is 90.0 Å². The lowest BCUT2D eigenvalue weighted by molar-refractivity contribution is -0.124. The number of nitrogens with zero attached hydrogens (tertiary/aromatic N) is 2. The number of amides is 1. The Labute approximate surface area is 166 Å². The first-order valence-electron chi connectivity index (χ1n) is 8.13. The highest BCUT2D eigenvalue weighted by atomic mass is 35.5. The maximum atomic E-state index is 12.7. The summed E-state index contributed by atoms with van der Waals surface area (Å²) in [6.45, 7) is 1.75. The number of thiophene rings is 1. The van der Waals surface area contributed by atoms with Crippen LogP contribution in [0.15, 0.2) is 46.7 Å². The van der Waals surface area contributed by atoms with Crippen LogP contribution in [-0.4, -0.2) is 50.0 Å². The molecular weight excluding hydrogens is 410 g/mol. The summed E-state index contributed by atoms with van der Waals surface area (Å²) in [4.78, 5) is 13.3. The van der Waals surface area contributed by atoms with E-state index in [0.29, 0.717) is 30.5 Å². The second kappa shape index (κ2) is 8.41. The van der Waals surface area contributed by atoms with Crippen molar-refractivity contribution in [1.29, 1.82) is 0 Å². The van der Waals surface area contributed by atoms with Crippen LogP contribution in [-0.2, 0) is 14.8 Å². The predicted octanol–water partition coefficient (Wildman–Crippen LogP) is 2.43. The quantitative estimate of drug-likeness (QED) is 0.434. The zero-order valence-electron chi connectivity index (χ0n) is 14.2. The molecule has 0 spiro atoms. The SMILES string of the molecule is O=C(C=Cc1ccccc1N1CCN(S(=O)(=O)c2ccc(Cl)s2)CC1)NO. The normalized spacial score (nSPS) is 16.0. The highest BCUT2D eigenvalue weighted by Gasteiger charge is 2.30. The van der Waals surface area contributed by atoms with Crippen LogP contribution in [0.25, 0.3) is 6.08 Å². The van der Waals surface area contributed by atoms with Crippen LogP contribution < -0.4 is 10.4 Å². The second-order valence-corrected chi connectivity index (χ2v) is 9.70. The van der Waals surface area contributed by atoms with Crippen LogP contribution in [0.4, 0.5) is 5.69 Å². The van der Waals surface area contributed by atoms with Crippen molar-refractivity contribution in [3.63, 3.8) is 0 Å². The first kappa shape index (κ1) is 19.8. The molecule has 0 saturated carbocycles. The highest BCUT2D eigenvalue weighted by Crippen LogP contribution is 2.30. The molecule has 27 heavy (non-hydrogen) atoms. The van der Waals surface area contributed by atoms with Gasteiger partial charge in [-0.3, -0.25) is 10.0 Å². The van der Waals surface area contributed by atoms with Crippen LogP contribution in [0, 0.1) is 0 Å². The van der Waals surface area contributed by atoms with E-state index in [4.69, 9.17) is 16.8 Å². The Morgan fingerprint density at radius 3 is 2.48 bits per heavy atom. The molecular formula is C17H18ClN3O4S2. The number of halogens is 1. The molecule has 0 unspecified atom stereocenters. The van der Waals surface area contributed by atoms with Gasteiger partial charge in [-0.05, 0) is 29.8 Å². The average molecular weight is 428 g/mol. The fourth-order valence-electron chi connectivity index (χ4n) is 2.85. The highest BCUT2D eigenvalue weighted by molar-refractivity contribution is 7.91. The Morgan fingerprint density at radius 1 is 1.15 bits per heavy atom. The maximum Gasteiger partial charge on any atom is 0.267 e. The number of nitrogens with one attached hydrogen (secondary N) is 1. The molecule has 1 aliphatic heterocycles. The summed E-state index contributed by atoms with van der Waals surface area (Å²) in [6, 6.07) is 10.6. The molecule has 0 aliphatic carbocycles. The molecule has 10 heteroatoms. The zero-order chi connectivity index (χ0) is 19.4. The van der Waals surface area contributed by atoms with E-state index >= 15 is 0 Å². The Morgan fingerprint density at radius 2 is 1.85 bits per heavy atom. The lowest BCUT2D eigenvalue weighted by Crippen LogP contribution is -2.48. The van der Waals surface area contributed by atoms with E-state index in [9.17, 15) is 13.2 Å². The van der Waals surface area contributed by atoms with E-state index in [2.05, 4.69) is 4.90 Å². The Kier molecular flexibility index (Phi) is 6.18. The number of benzene rings is 1. The smallest absolute Gasteiger partial charge is 0.267 e. The van der Waals surface area contributed by atoms with Gasteiger partial charge in [-0.15, -0.1) is 11.3 Å². The predicted molar refractivity (Wildman–Crippen MR) is 106 cm³/mol. The molecule has 1 fully saturated rings. The molecule has 1 aromatic heterocycles. The Hall–Kier alpha value is -1.91. The number of hydroxylamine groups is 1. The summed E-state index contributed by atoms with van der Waals surface area (Å²) in [5.41, 5.74) is 3.26. The van der Waals surface area contributed by atoms with Crippen LogP contribution in [0.3, 0.4) is 0 Å². The molecule has 2 heterocycles. The molecule has 1 aliphatic rings. The van der Waals surface area contributed by atoms with Crippen molar-refractivity contribution in [2.75, 3.05) is 31.1 Å². The van der Waals surface area contributed by atoms with Crippen molar-refractivity contribution in [3.8, 4) is 0 Å². The molecule has 0 bridgehead atoms. The average Bonchev–Trinajstić information content (AvgIpc) is 3.13. The number of rotatable bonds is 5. The number of hydrogen-bond acceptors (Lipinski definition) is 6. The lowest BCUT2D eigenvalue weighted by atomic mass is 10.1. The number of anilines is 1. The second-order valence-electron chi connectivity index (χ2n) is 5.82. The van der Waals surface area contributed by atoms with Gasteiger partial charge in [0, 0.05) is 37.9 Å². The van der Waals surface area contributed by atoms with Gasteiger partial charge < -0.3 is 4.90 Å². The minimum Gasteiger partial charge on any atom is -0.368 e. The first-order valence-corrected chi connectivity index (χ1v) is 10.8. The van der Waals surface area contributed by atoms with E-state index in [1.807, 2.05) is 24.3 Å². The third-order valence-electron chi connectivity index (χ3n) is 4.18. The molecule has 0 atom stereocenters. The first-order chi connectivity index (χ1) is 12.9. The Balaban J connectivity index is 1.73. The summed E-state index contributed by atoms with van der Waals surface area (Å²) in [6.07, 6.45) is 2.84. The summed E-state index contributed by atoms with van der Waals surface area (Å²) in [5.74, 6) is -0.615. The third kappa shape index (κ3) is 4.50. The van der Waals surface area contributed by atoms with Crippen LogP contribution in [0.5, 0.6) is 0 Å². The number of carbonyl (C=O) groups excluding carboxylic acids is 1. The van der Waals surface area contributed by atoms with Gasteiger partial charge >= 0.3 is 0 Å². The van der Waals surface area contributed by atoms with Crippen molar-refractivity contribution in [1.82, 2.24) is 9.79 Å². The van der Waals surface area contributed by atoms with Gasteiger partial charge in [0.15, 0.2) is 0 Å². The number of para-hydroxylation sites is 1. The minimum absolute atomic E-state index is 0.249. The van der Waals surface area contributed by atoms with Crippen molar-refractivity contribution in [2.24, 2.45) is 0 Å². The van der Waals surface area contributed by atoms with Gasteiger partial charge in [0.1, 0.15) is 4.21 Å². The molecule has 1 aromatic carbocycles. The largest absolute Gasteiger partial charge is 0.368 e. The number of hydrogen-bond donors (Lipinski definition) is 2. The molecule has 144 valence electrons. The van der Waals surface area contributed by atoms with Crippen molar-refractivity contribution in [3.05, 3.63) is 52.4 Å². The molecule has 1 saturated heterocycles. The van der Waals surface area contributed by atoms with Gasteiger partial charge in [-0.1, -0.05) is 29.8 Å². The van der Waals surface area contributed by atoms with E-state index in [-0.39, 0.29) is 4.21 Å². The molecule has 0 radical (unpaired) electrons. The van der Waals surface area contributed by atoms with Gasteiger partial charge in [0.2, 0.25) is 0 Å². The number of carbonyl (C=O) groups is 1. The van der Waals surface area contributed by atoms with Crippen LogP contribution in [0.2, 0.25) is 4.34 Å². The van der Waals surface area contributed by atoms with Crippen molar-refractivity contribution < 1.29 is 18.4 Å². The van der Waals surface area contributed by atoms with E-state index in [1.54, 1.807) is 17.6 Å². The summed E-state index contributed by atoms with van der Waals surface area (Å²) in [5, 5.41) is 8.60. The third-order valence-corrected chi connectivity index (χ3v) is 7.78. The fourth-order valence-corrected chi connectivity index (χ4v) is 5.91. The zero-order valence-corrected chi connectivity index (χ0v) is 16.6. The molecule has 7 nitrogen and oxygen atoms in total. The van der Waals surface area contributed by atoms with E-state index < -0.39 is 15.9 Å². The molecule has 2 aromatic rings. The van der Waals surface area contributed by atoms with Gasteiger partial charge in [0.25, 0.3) is 15.9 Å². The van der Waals surface area contributed by atoms with Gasteiger partial charge in [0.05, 0.1) is 4.34 Å². The van der Waals surface area contributed by atoms with E-state index in [1.165, 1.54) is 16.4 Å². The van der Waals surface area contributed by atoms with Gasteiger partial charge in [-0.25, -0.2) is 13.9 Å². The fraction of sp³-hybridized carbons (Fsp3) is 0.235. The summed E-state index contributed by atoms with van der Waals surface area (Å²) >= 11 is 6.92. The summed E-state index contributed by atoms with van der Waals surface area (Å²) in [7, 11) is -3.54. The minimum atomic E-state index is -3.54. The summed E-state index contributed by atoms with van der Waals surface area (Å²) < 4.78 is 27.6. The van der Waals surface area contributed by atoms with Gasteiger partial charge in [-0.2, -0.15) is 4.31 Å². The van der Waals surface area contributed by atoms with Crippen LogP contribution >= 0.6 is 22.9 Å². The van der Waals surface area contributed by atoms with Crippen molar-refractivity contribution >= 4 is 50.6 Å². The van der Waals surface area contributed by atoms with Crippen LogP contribution in [0.1, 0.15) is 5.56 Å². The number of sulfonamides is 1. The lowest BCUT2D eigenvalue weighted by Gasteiger charge is -2.35. The van der Waals surface area contributed by atoms with Crippen molar-refractivity contribution in [2.45, 2.75) is 4.21 Å². The molecule has 3 rings (SSSR count). The van der Waals surface area contributed by atoms with E-state index in [0.717, 1.165) is 22.6 Å².